The Morgan fingerprint density at radius 3 is 2.79 bits per heavy atom. The highest BCUT2D eigenvalue weighted by Crippen LogP contribution is 2.11. The molecule has 0 aliphatic rings. The predicted molar refractivity (Wildman–Crippen MR) is 68.3 cm³/mol. The van der Waals surface area contributed by atoms with Gasteiger partial charge in [0.05, 0.1) is 12.8 Å². The lowest BCUT2D eigenvalue weighted by Crippen LogP contribution is -2.13. The zero-order valence-corrected chi connectivity index (χ0v) is 10.2. The van der Waals surface area contributed by atoms with Gasteiger partial charge in [0.2, 0.25) is 5.91 Å². The van der Waals surface area contributed by atoms with Crippen molar-refractivity contribution >= 4 is 11.7 Å². The van der Waals surface area contributed by atoms with Gasteiger partial charge in [-0.05, 0) is 30.7 Å². The summed E-state index contributed by atoms with van der Waals surface area (Å²) in [6.07, 6.45) is 2.49. The monoisotopic (exact) mass is 263 g/mol. The molecule has 6 heteroatoms. The summed E-state index contributed by atoms with van der Waals surface area (Å²) in [4.78, 5) is 11.5. The van der Waals surface area contributed by atoms with Gasteiger partial charge in [-0.1, -0.05) is 0 Å². The number of benzene rings is 1. The minimum Gasteiger partial charge on any atom is -0.494 e. The highest BCUT2D eigenvalue weighted by molar-refractivity contribution is 5.89. The summed E-state index contributed by atoms with van der Waals surface area (Å²) >= 11 is 0. The van der Waals surface area contributed by atoms with Crippen molar-refractivity contribution in [3.63, 3.8) is 0 Å². The van der Waals surface area contributed by atoms with Crippen LogP contribution in [0.15, 0.2) is 36.5 Å². The van der Waals surface area contributed by atoms with Crippen LogP contribution in [0.5, 0.6) is 5.75 Å². The van der Waals surface area contributed by atoms with E-state index in [1.54, 1.807) is 24.4 Å². The van der Waals surface area contributed by atoms with Crippen molar-refractivity contribution in [2.75, 3.05) is 11.9 Å². The van der Waals surface area contributed by atoms with Gasteiger partial charge in [-0.15, -0.1) is 0 Å². The number of amides is 1. The van der Waals surface area contributed by atoms with Crippen LogP contribution in [-0.4, -0.2) is 22.7 Å². The summed E-state index contributed by atoms with van der Waals surface area (Å²) < 4.78 is 18.0. The van der Waals surface area contributed by atoms with Crippen molar-refractivity contribution in [2.24, 2.45) is 0 Å². The average Bonchev–Trinajstić information content (AvgIpc) is 2.89. The summed E-state index contributed by atoms with van der Waals surface area (Å²) in [6.45, 7) is 0.405. The van der Waals surface area contributed by atoms with Crippen molar-refractivity contribution in [3.05, 3.63) is 42.3 Å². The molecule has 0 radical (unpaired) electrons. The molecule has 1 amide bonds. The molecule has 19 heavy (non-hydrogen) atoms. The first-order chi connectivity index (χ1) is 9.24. The molecule has 1 aromatic heterocycles. The maximum absolute atomic E-state index is 12.6. The maximum atomic E-state index is 12.6. The Kier molecular flexibility index (Phi) is 4.49. The van der Waals surface area contributed by atoms with Gasteiger partial charge >= 0.3 is 0 Å². The van der Waals surface area contributed by atoms with Crippen LogP contribution < -0.4 is 10.1 Å². The van der Waals surface area contributed by atoms with Gasteiger partial charge in [-0.3, -0.25) is 9.89 Å². The number of aromatic amines is 1. The Morgan fingerprint density at radius 1 is 1.32 bits per heavy atom. The van der Waals surface area contributed by atoms with Crippen LogP contribution in [0.3, 0.4) is 0 Å². The van der Waals surface area contributed by atoms with E-state index in [2.05, 4.69) is 15.5 Å². The number of H-pyrrole nitrogens is 1. The standard InChI is InChI=1S/C13H14FN3O2/c14-10-3-5-11(6-4-10)19-9-1-2-13(18)16-12-7-8-15-17-12/h3-8H,1-2,9H2,(H2,15,16,17,18). The quantitative estimate of drug-likeness (QED) is 0.786. The molecule has 100 valence electrons. The van der Waals surface area contributed by atoms with E-state index in [-0.39, 0.29) is 11.7 Å². The molecule has 0 spiro atoms. The van der Waals surface area contributed by atoms with Crippen molar-refractivity contribution in [3.8, 4) is 5.75 Å². The van der Waals surface area contributed by atoms with E-state index in [4.69, 9.17) is 4.74 Å². The number of anilines is 1. The van der Waals surface area contributed by atoms with Crippen LogP contribution in [0.25, 0.3) is 0 Å². The van der Waals surface area contributed by atoms with Gasteiger partial charge in [0, 0.05) is 12.5 Å². The largest absolute Gasteiger partial charge is 0.494 e. The van der Waals surface area contributed by atoms with Crippen LogP contribution in [0, 0.1) is 5.82 Å². The second kappa shape index (κ2) is 6.53. The van der Waals surface area contributed by atoms with E-state index in [0.717, 1.165) is 0 Å². The minimum absolute atomic E-state index is 0.105. The van der Waals surface area contributed by atoms with Gasteiger partial charge in [-0.2, -0.15) is 5.10 Å². The highest BCUT2D eigenvalue weighted by Gasteiger charge is 2.03. The first-order valence-electron chi connectivity index (χ1n) is 5.91. The third-order valence-electron chi connectivity index (χ3n) is 2.41. The topological polar surface area (TPSA) is 67.0 Å². The molecule has 0 fully saturated rings. The lowest BCUT2D eigenvalue weighted by molar-refractivity contribution is -0.116. The summed E-state index contributed by atoms with van der Waals surface area (Å²) in [7, 11) is 0. The molecule has 2 rings (SSSR count). The zero-order chi connectivity index (χ0) is 13.5. The molecule has 1 heterocycles. The van der Waals surface area contributed by atoms with Crippen LogP contribution >= 0.6 is 0 Å². The zero-order valence-electron chi connectivity index (χ0n) is 10.2. The molecule has 0 saturated heterocycles. The van der Waals surface area contributed by atoms with Gasteiger partial charge in [0.15, 0.2) is 0 Å². The summed E-state index contributed by atoms with van der Waals surface area (Å²) in [5.74, 6) is 0.762. The summed E-state index contributed by atoms with van der Waals surface area (Å²) in [6, 6.07) is 7.45. The van der Waals surface area contributed by atoms with Crippen LogP contribution in [0.1, 0.15) is 12.8 Å². The number of nitrogens with one attached hydrogen (secondary N) is 2. The normalized spacial score (nSPS) is 10.2. The van der Waals surface area contributed by atoms with Crippen LogP contribution in [0.2, 0.25) is 0 Å². The van der Waals surface area contributed by atoms with Crippen LogP contribution in [-0.2, 0) is 4.79 Å². The fraction of sp³-hybridized carbons (Fsp3) is 0.231. The molecule has 1 aromatic carbocycles. The number of nitrogens with zero attached hydrogens (tertiary/aromatic N) is 1. The molecule has 0 aliphatic heterocycles. The fourth-order valence-corrected chi connectivity index (χ4v) is 1.49. The number of ether oxygens (including phenoxy) is 1. The number of halogens is 1. The minimum atomic E-state index is -0.300. The number of carbonyl (C=O) groups excluding carboxylic acids is 1. The van der Waals surface area contributed by atoms with E-state index in [1.165, 1.54) is 12.1 Å². The number of rotatable bonds is 6. The second-order valence-electron chi connectivity index (χ2n) is 3.92. The second-order valence-corrected chi connectivity index (χ2v) is 3.92. The Hall–Kier alpha value is -2.37. The van der Waals surface area contributed by atoms with Gasteiger partial charge in [0.25, 0.3) is 0 Å². The Balaban J connectivity index is 1.64. The number of carbonyl (C=O) groups is 1. The average molecular weight is 263 g/mol. The van der Waals surface area contributed by atoms with Gasteiger partial charge < -0.3 is 10.1 Å². The van der Waals surface area contributed by atoms with Crippen molar-refractivity contribution in [1.29, 1.82) is 0 Å². The first kappa shape index (κ1) is 13.1. The van der Waals surface area contributed by atoms with E-state index in [1.807, 2.05) is 0 Å². The predicted octanol–water partition coefficient (Wildman–Crippen LogP) is 2.35. The Morgan fingerprint density at radius 2 is 2.11 bits per heavy atom. The SMILES string of the molecule is O=C(CCCOc1ccc(F)cc1)Nc1ccn[nH]1. The molecule has 0 atom stereocenters. The molecule has 2 N–H and O–H groups in total. The fourth-order valence-electron chi connectivity index (χ4n) is 1.49. The van der Waals surface area contributed by atoms with E-state index in [0.29, 0.717) is 31.0 Å². The highest BCUT2D eigenvalue weighted by atomic mass is 19.1. The number of hydrogen-bond donors (Lipinski definition) is 2. The van der Waals surface area contributed by atoms with Crippen molar-refractivity contribution < 1.29 is 13.9 Å². The maximum Gasteiger partial charge on any atom is 0.225 e. The first-order valence-corrected chi connectivity index (χ1v) is 5.91. The molecular formula is C13H14FN3O2. The molecule has 0 bridgehead atoms. The van der Waals surface area contributed by atoms with Gasteiger partial charge in [-0.25, -0.2) is 4.39 Å². The lowest BCUT2D eigenvalue weighted by Gasteiger charge is -2.06. The Bertz CT molecular complexity index is 511. The van der Waals surface area contributed by atoms with E-state index in [9.17, 15) is 9.18 Å². The molecule has 2 aromatic rings. The molecular weight excluding hydrogens is 249 g/mol. The number of aromatic nitrogens is 2. The molecule has 0 unspecified atom stereocenters. The third kappa shape index (κ3) is 4.42. The van der Waals surface area contributed by atoms with E-state index < -0.39 is 0 Å². The van der Waals surface area contributed by atoms with Crippen LogP contribution in [0.4, 0.5) is 10.2 Å². The Labute approximate surface area is 109 Å². The van der Waals surface area contributed by atoms with Gasteiger partial charge in [0.1, 0.15) is 17.4 Å². The third-order valence-corrected chi connectivity index (χ3v) is 2.41. The molecule has 0 saturated carbocycles. The molecule has 5 nitrogen and oxygen atoms in total. The van der Waals surface area contributed by atoms with Crippen molar-refractivity contribution in [1.82, 2.24) is 10.2 Å². The van der Waals surface area contributed by atoms with Crippen molar-refractivity contribution in [2.45, 2.75) is 12.8 Å². The van der Waals surface area contributed by atoms with E-state index >= 15 is 0 Å². The summed E-state index contributed by atoms with van der Waals surface area (Å²) in [5, 5.41) is 9.03. The molecule has 0 aliphatic carbocycles. The number of hydrogen-bond acceptors (Lipinski definition) is 3. The lowest BCUT2D eigenvalue weighted by atomic mass is 10.3. The smallest absolute Gasteiger partial charge is 0.225 e. The summed E-state index contributed by atoms with van der Waals surface area (Å²) in [5.41, 5.74) is 0.